The molecule has 2 heterocycles. The second-order valence-electron chi connectivity index (χ2n) is 13.0. The van der Waals surface area contributed by atoms with Crippen LogP contribution in [0.4, 0.5) is 13.2 Å². The fraction of sp³-hybridized carbons (Fsp3) is 0.500. The van der Waals surface area contributed by atoms with Crippen LogP contribution in [-0.2, 0) is 17.5 Å². The van der Waals surface area contributed by atoms with Gasteiger partial charge in [-0.25, -0.2) is 9.78 Å². The van der Waals surface area contributed by atoms with Gasteiger partial charge in [-0.3, -0.25) is 9.69 Å². The van der Waals surface area contributed by atoms with Gasteiger partial charge >= 0.3 is 12.1 Å². The first-order valence-electron chi connectivity index (χ1n) is 16.9. The number of rotatable bonds is 11. The molecule has 2 fully saturated rings. The Morgan fingerprint density at radius 3 is 2.26 bits per heavy atom. The summed E-state index contributed by atoms with van der Waals surface area (Å²) in [5.74, 6) is 1.20. The summed E-state index contributed by atoms with van der Waals surface area (Å²) in [5.41, 5.74) is 2.55. The fourth-order valence-electron chi connectivity index (χ4n) is 6.88. The molecule has 1 aromatic heterocycles. The van der Waals surface area contributed by atoms with Crippen LogP contribution in [0.25, 0.3) is 0 Å². The van der Waals surface area contributed by atoms with Crippen molar-refractivity contribution < 1.29 is 32.2 Å². The molecule has 0 N–H and O–H groups in total. The van der Waals surface area contributed by atoms with Crippen molar-refractivity contribution in [2.45, 2.75) is 95.4 Å². The van der Waals surface area contributed by atoms with Gasteiger partial charge in [0.2, 0.25) is 0 Å². The average molecular weight is 651 g/mol. The molecule has 1 aliphatic carbocycles. The molecule has 6 nitrogen and oxygen atoms in total. The molecule has 1 saturated carbocycles. The molecular formula is C38H45F3N2O4. The summed E-state index contributed by atoms with van der Waals surface area (Å²) in [6.07, 6.45) is 7.47. The van der Waals surface area contributed by atoms with Crippen molar-refractivity contribution in [2.24, 2.45) is 5.92 Å². The van der Waals surface area contributed by atoms with Gasteiger partial charge in [0.25, 0.3) is 0 Å². The van der Waals surface area contributed by atoms with Gasteiger partial charge < -0.3 is 9.47 Å². The minimum atomic E-state index is -4.32. The lowest BCUT2D eigenvalue weighted by molar-refractivity contribution is -0.137. The predicted molar refractivity (Wildman–Crippen MR) is 175 cm³/mol. The van der Waals surface area contributed by atoms with Crippen molar-refractivity contribution in [1.82, 2.24) is 9.88 Å². The number of ketones is 1. The first kappa shape index (κ1) is 34.6. The number of halogens is 3. The Morgan fingerprint density at radius 1 is 0.872 bits per heavy atom. The van der Waals surface area contributed by atoms with E-state index in [1.165, 1.54) is 24.8 Å². The molecule has 2 unspecified atom stereocenters. The van der Waals surface area contributed by atoms with Crippen LogP contribution in [0.15, 0.2) is 66.9 Å². The molecule has 2 aromatic carbocycles. The van der Waals surface area contributed by atoms with Crippen LogP contribution in [0.1, 0.15) is 114 Å². The number of pyridine rings is 1. The Balaban J connectivity index is 1.01. The molecule has 0 bridgehead atoms. The van der Waals surface area contributed by atoms with Crippen LogP contribution >= 0.6 is 0 Å². The third kappa shape index (κ3) is 10.1. The van der Waals surface area contributed by atoms with E-state index in [9.17, 15) is 22.8 Å². The quantitative estimate of drug-likeness (QED) is 0.152. The summed E-state index contributed by atoms with van der Waals surface area (Å²) < 4.78 is 50.0. The summed E-state index contributed by atoms with van der Waals surface area (Å²) in [7, 11) is 1.39. The maximum Gasteiger partial charge on any atom is 0.416 e. The average Bonchev–Trinajstić information content (AvgIpc) is 3.07. The highest BCUT2D eigenvalue weighted by Gasteiger charge is 2.30. The lowest BCUT2D eigenvalue weighted by Gasteiger charge is -2.32. The maximum absolute atomic E-state index is 13.0. The van der Waals surface area contributed by atoms with Gasteiger partial charge in [-0.2, -0.15) is 13.2 Å². The van der Waals surface area contributed by atoms with Crippen molar-refractivity contribution in [3.8, 4) is 5.75 Å². The Bertz CT molecular complexity index is 1430. The lowest BCUT2D eigenvalue weighted by Crippen LogP contribution is -2.33. The van der Waals surface area contributed by atoms with E-state index in [-0.39, 0.29) is 23.8 Å². The van der Waals surface area contributed by atoms with E-state index in [0.29, 0.717) is 29.3 Å². The zero-order valence-corrected chi connectivity index (χ0v) is 27.1. The summed E-state index contributed by atoms with van der Waals surface area (Å²) in [4.78, 5) is 31.4. The number of methoxy groups -OCH3 is 1. The fourth-order valence-corrected chi connectivity index (χ4v) is 6.88. The molecular weight excluding hydrogens is 605 g/mol. The molecule has 0 radical (unpaired) electrons. The number of carbonyl (C=O) groups excluding carboxylic acids is 2. The number of alkyl halides is 3. The minimum Gasteiger partial charge on any atom is -0.489 e. The van der Waals surface area contributed by atoms with Crippen LogP contribution in [0.5, 0.6) is 5.75 Å². The van der Waals surface area contributed by atoms with E-state index < -0.39 is 11.7 Å². The van der Waals surface area contributed by atoms with Crippen LogP contribution in [0.2, 0.25) is 0 Å². The number of Topliss-reactive ketones (excluding diaryl/α,β-unsaturated/α-hetero) is 1. The van der Waals surface area contributed by atoms with Crippen molar-refractivity contribution in [3.05, 3.63) is 94.8 Å². The maximum atomic E-state index is 13.0. The molecule has 2 atom stereocenters. The molecule has 252 valence electrons. The normalized spacial score (nSPS) is 19.8. The highest BCUT2D eigenvalue weighted by molar-refractivity contribution is 5.94. The number of hydrogen-bond donors (Lipinski definition) is 0. The van der Waals surface area contributed by atoms with Crippen molar-refractivity contribution in [2.75, 3.05) is 20.2 Å². The molecule has 0 amide bonds. The first-order chi connectivity index (χ1) is 22.7. The molecule has 2 aliphatic rings. The molecule has 3 aromatic rings. The molecule has 9 heteroatoms. The molecule has 1 aliphatic heterocycles. The smallest absolute Gasteiger partial charge is 0.416 e. The van der Waals surface area contributed by atoms with Crippen molar-refractivity contribution >= 4 is 11.8 Å². The number of nitrogens with zero attached hydrogens (tertiary/aromatic N) is 2. The largest absolute Gasteiger partial charge is 0.489 e. The molecule has 0 spiro atoms. The number of benzene rings is 2. The Hall–Kier alpha value is -3.72. The Labute approximate surface area is 275 Å². The van der Waals surface area contributed by atoms with Gasteiger partial charge in [-0.15, -0.1) is 0 Å². The number of hydrogen-bond acceptors (Lipinski definition) is 6. The third-order valence-electron chi connectivity index (χ3n) is 9.70. The topological polar surface area (TPSA) is 68.7 Å². The number of ether oxygens (including phenoxy) is 2. The zero-order valence-electron chi connectivity index (χ0n) is 27.1. The lowest BCUT2D eigenvalue weighted by atomic mass is 9.85. The third-order valence-corrected chi connectivity index (χ3v) is 9.70. The highest BCUT2D eigenvalue weighted by Crippen LogP contribution is 2.35. The molecule has 5 rings (SSSR count). The van der Waals surface area contributed by atoms with E-state index in [0.717, 1.165) is 89.4 Å². The van der Waals surface area contributed by atoms with Gasteiger partial charge in [-0.05, 0) is 130 Å². The van der Waals surface area contributed by atoms with E-state index in [1.54, 1.807) is 24.4 Å². The standard InChI is InChI=1S/C38H45F3N2O4/c1-46-37(45)31-11-9-28(10-12-31)26-43-23-21-27(22-24-43)5-4-8-36(44)35-20-19-34(25-42-35)47-33-7-3-2-6-29(15-18-33)30-13-16-32(17-14-30)38(39,40)41/h9-14,16-17,19-20,25,27,29,33H,2-8,15,18,21-24,26H2,1H3. The second kappa shape index (κ2) is 16.4. The van der Waals surface area contributed by atoms with Crippen LogP contribution in [0.3, 0.4) is 0 Å². The number of aromatic nitrogens is 1. The van der Waals surface area contributed by atoms with Gasteiger partial charge in [0.1, 0.15) is 11.4 Å². The number of likely N-dealkylation sites (tertiary alicyclic amines) is 1. The van der Waals surface area contributed by atoms with Crippen molar-refractivity contribution in [3.63, 3.8) is 0 Å². The van der Waals surface area contributed by atoms with Crippen molar-refractivity contribution in [1.29, 1.82) is 0 Å². The highest BCUT2D eigenvalue weighted by atomic mass is 19.4. The van der Waals surface area contributed by atoms with Gasteiger partial charge in [0.05, 0.1) is 30.5 Å². The summed E-state index contributed by atoms with van der Waals surface area (Å²) >= 11 is 0. The first-order valence-corrected chi connectivity index (χ1v) is 16.9. The number of carbonyl (C=O) groups is 2. The zero-order chi connectivity index (χ0) is 33.2. The second-order valence-corrected chi connectivity index (χ2v) is 13.0. The Morgan fingerprint density at radius 2 is 1.60 bits per heavy atom. The Kier molecular flexibility index (Phi) is 12.1. The van der Waals surface area contributed by atoms with Gasteiger partial charge in [0.15, 0.2) is 5.78 Å². The van der Waals surface area contributed by atoms with E-state index in [1.807, 2.05) is 30.3 Å². The van der Waals surface area contributed by atoms with Crippen LogP contribution < -0.4 is 4.74 Å². The number of piperidine rings is 1. The SMILES string of the molecule is COC(=O)c1ccc(CN2CCC(CCCC(=O)c3ccc(OC4CCCCC(c5ccc(C(F)(F)F)cc5)CC4)cn3)CC2)cc1. The summed E-state index contributed by atoms with van der Waals surface area (Å²) in [6.45, 7) is 2.91. The van der Waals surface area contributed by atoms with Crippen LogP contribution in [-0.4, -0.2) is 47.9 Å². The van der Waals surface area contributed by atoms with Gasteiger partial charge in [0, 0.05) is 13.0 Å². The van der Waals surface area contributed by atoms with Crippen LogP contribution in [0, 0.1) is 5.92 Å². The number of esters is 1. The van der Waals surface area contributed by atoms with Gasteiger partial charge in [-0.1, -0.05) is 30.7 Å². The van der Waals surface area contributed by atoms with E-state index in [2.05, 4.69) is 9.88 Å². The summed E-state index contributed by atoms with van der Waals surface area (Å²) in [6, 6.07) is 16.8. The molecule has 1 saturated heterocycles. The monoisotopic (exact) mass is 650 g/mol. The summed E-state index contributed by atoms with van der Waals surface area (Å²) in [5, 5.41) is 0. The molecule has 47 heavy (non-hydrogen) atoms. The van der Waals surface area contributed by atoms with E-state index >= 15 is 0 Å². The van der Waals surface area contributed by atoms with E-state index in [4.69, 9.17) is 9.47 Å². The minimum absolute atomic E-state index is 0.00846. The predicted octanol–water partition coefficient (Wildman–Crippen LogP) is 9.04.